The molecule has 1 N–H and O–H groups in total. The van der Waals surface area contributed by atoms with E-state index in [2.05, 4.69) is 9.82 Å². The van der Waals surface area contributed by atoms with Crippen molar-refractivity contribution < 1.29 is 17.9 Å². The van der Waals surface area contributed by atoms with E-state index in [0.29, 0.717) is 12.3 Å². The van der Waals surface area contributed by atoms with Crippen molar-refractivity contribution in [2.45, 2.75) is 37.6 Å². The standard InChI is InChI=1S/C11H18ClN3O4S/c1-7-9(10(12)15(4)14-7)20(16,17)13-5-8-6-18-11(2,3)19-8/h8,13H,5-6H2,1-4H3. The summed E-state index contributed by atoms with van der Waals surface area (Å²) in [5.41, 5.74) is 0.355. The molecule has 20 heavy (non-hydrogen) atoms. The minimum atomic E-state index is -3.73. The van der Waals surface area contributed by atoms with Crippen LogP contribution in [0.15, 0.2) is 4.90 Å². The van der Waals surface area contributed by atoms with Crippen LogP contribution >= 0.6 is 11.6 Å². The van der Waals surface area contributed by atoms with Gasteiger partial charge in [0.1, 0.15) is 10.0 Å². The highest BCUT2D eigenvalue weighted by atomic mass is 35.5. The third kappa shape index (κ3) is 3.15. The number of sulfonamides is 1. The Morgan fingerprint density at radius 2 is 2.20 bits per heavy atom. The number of aryl methyl sites for hydroxylation is 2. The molecule has 2 rings (SSSR count). The van der Waals surface area contributed by atoms with Gasteiger partial charge in [-0.1, -0.05) is 11.6 Å². The summed E-state index contributed by atoms with van der Waals surface area (Å²) >= 11 is 5.96. The van der Waals surface area contributed by atoms with Gasteiger partial charge < -0.3 is 9.47 Å². The molecule has 0 spiro atoms. The number of ether oxygens (including phenoxy) is 2. The van der Waals surface area contributed by atoms with Crippen LogP contribution in [0.5, 0.6) is 0 Å². The minimum Gasteiger partial charge on any atom is -0.348 e. The molecular weight excluding hydrogens is 306 g/mol. The van der Waals surface area contributed by atoms with Crippen molar-refractivity contribution in [1.29, 1.82) is 0 Å². The predicted octanol–water partition coefficient (Wildman–Crippen LogP) is 0.812. The fourth-order valence-corrected chi connectivity index (χ4v) is 3.87. The van der Waals surface area contributed by atoms with Crippen LogP contribution in [0, 0.1) is 6.92 Å². The molecule has 1 aromatic rings. The first-order valence-electron chi connectivity index (χ1n) is 6.13. The lowest BCUT2D eigenvalue weighted by Gasteiger charge is -2.17. The van der Waals surface area contributed by atoms with Crippen molar-refractivity contribution in [3.63, 3.8) is 0 Å². The van der Waals surface area contributed by atoms with Crippen LogP contribution in [-0.4, -0.2) is 43.2 Å². The minimum absolute atomic E-state index is 0.000146. The zero-order valence-corrected chi connectivity index (χ0v) is 13.4. The van der Waals surface area contributed by atoms with E-state index in [1.54, 1.807) is 27.8 Å². The lowest BCUT2D eigenvalue weighted by atomic mass is 10.4. The molecule has 0 radical (unpaired) electrons. The van der Waals surface area contributed by atoms with Gasteiger partial charge in [-0.05, 0) is 20.8 Å². The topological polar surface area (TPSA) is 82.5 Å². The zero-order valence-electron chi connectivity index (χ0n) is 11.8. The Hall–Kier alpha value is -0.670. The van der Waals surface area contributed by atoms with E-state index in [-0.39, 0.29) is 22.7 Å². The van der Waals surface area contributed by atoms with Crippen molar-refractivity contribution in [2.24, 2.45) is 7.05 Å². The maximum atomic E-state index is 12.3. The Kier molecular flexibility index (Phi) is 4.14. The summed E-state index contributed by atoms with van der Waals surface area (Å²) in [6, 6.07) is 0. The van der Waals surface area contributed by atoms with E-state index in [4.69, 9.17) is 21.1 Å². The van der Waals surface area contributed by atoms with Gasteiger partial charge >= 0.3 is 0 Å². The molecule has 7 nitrogen and oxygen atoms in total. The molecule has 0 saturated carbocycles. The van der Waals surface area contributed by atoms with Crippen LogP contribution in [0.4, 0.5) is 0 Å². The second-order valence-electron chi connectivity index (χ2n) is 5.13. The van der Waals surface area contributed by atoms with Crippen molar-refractivity contribution in [1.82, 2.24) is 14.5 Å². The second kappa shape index (κ2) is 5.27. The molecule has 1 unspecified atom stereocenters. The van der Waals surface area contributed by atoms with Gasteiger partial charge in [-0.25, -0.2) is 13.1 Å². The number of aromatic nitrogens is 2. The Bertz CT molecular complexity index is 611. The quantitative estimate of drug-likeness (QED) is 0.886. The molecule has 1 saturated heterocycles. The average molecular weight is 324 g/mol. The van der Waals surface area contributed by atoms with Crippen molar-refractivity contribution in [3.05, 3.63) is 10.8 Å². The number of hydrogen-bond acceptors (Lipinski definition) is 5. The van der Waals surface area contributed by atoms with Crippen LogP contribution in [0.3, 0.4) is 0 Å². The number of halogens is 1. The molecule has 1 aliphatic heterocycles. The highest BCUT2D eigenvalue weighted by molar-refractivity contribution is 7.89. The van der Waals surface area contributed by atoms with Gasteiger partial charge in [-0.2, -0.15) is 5.10 Å². The van der Waals surface area contributed by atoms with Gasteiger partial charge in [0, 0.05) is 13.6 Å². The molecule has 9 heteroatoms. The van der Waals surface area contributed by atoms with E-state index >= 15 is 0 Å². The summed E-state index contributed by atoms with van der Waals surface area (Å²) in [6.07, 6.45) is -0.324. The van der Waals surface area contributed by atoms with Gasteiger partial charge in [-0.3, -0.25) is 4.68 Å². The molecule has 1 aromatic heterocycles. The molecule has 0 aromatic carbocycles. The van der Waals surface area contributed by atoms with Gasteiger partial charge in [0.25, 0.3) is 0 Å². The summed E-state index contributed by atoms with van der Waals surface area (Å²) in [5.74, 6) is -0.683. The Balaban J connectivity index is 2.09. The van der Waals surface area contributed by atoms with Gasteiger partial charge in [-0.15, -0.1) is 0 Å². The van der Waals surface area contributed by atoms with E-state index in [1.165, 1.54) is 4.68 Å². The summed E-state index contributed by atoms with van der Waals surface area (Å²) < 4.78 is 39.2. The zero-order chi connectivity index (χ0) is 15.1. The molecule has 0 bridgehead atoms. The first kappa shape index (κ1) is 15.7. The van der Waals surface area contributed by atoms with E-state index in [0.717, 1.165) is 0 Å². The van der Waals surface area contributed by atoms with Gasteiger partial charge in [0.05, 0.1) is 18.4 Å². The van der Waals surface area contributed by atoms with Crippen LogP contribution in [0.2, 0.25) is 5.15 Å². The SMILES string of the molecule is Cc1nn(C)c(Cl)c1S(=O)(=O)NCC1COC(C)(C)O1. The lowest BCUT2D eigenvalue weighted by molar-refractivity contribution is -0.137. The third-order valence-electron chi connectivity index (χ3n) is 2.94. The predicted molar refractivity (Wildman–Crippen MR) is 73.0 cm³/mol. The monoisotopic (exact) mass is 323 g/mol. The summed E-state index contributed by atoms with van der Waals surface area (Å²) in [6.45, 7) is 5.62. The van der Waals surface area contributed by atoms with E-state index in [9.17, 15) is 8.42 Å². The largest absolute Gasteiger partial charge is 0.348 e. The van der Waals surface area contributed by atoms with Gasteiger partial charge in [0.2, 0.25) is 10.0 Å². The smallest absolute Gasteiger partial charge is 0.245 e. The van der Waals surface area contributed by atoms with Crippen molar-refractivity contribution in [2.75, 3.05) is 13.2 Å². The maximum Gasteiger partial charge on any atom is 0.245 e. The van der Waals surface area contributed by atoms with E-state index in [1.807, 2.05) is 0 Å². The fourth-order valence-electron chi connectivity index (χ4n) is 2.05. The number of rotatable bonds is 4. The van der Waals surface area contributed by atoms with Crippen LogP contribution in [0.25, 0.3) is 0 Å². The normalized spacial score (nSPS) is 22.4. The molecule has 114 valence electrons. The Labute approximate surface area is 123 Å². The Morgan fingerprint density at radius 1 is 1.55 bits per heavy atom. The first-order valence-corrected chi connectivity index (χ1v) is 7.99. The molecule has 0 amide bonds. The van der Waals surface area contributed by atoms with Crippen molar-refractivity contribution >= 4 is 21.6 Å². The number of nitrogens with zero attached hydrogens (tertiary/aromatic N) is 2. The lowest BCUT2D eigenvalue weighted by Crippen LogP contribution is -2.34. The van der Waals surface area contributed by atoms with Crippen LogP contribution < -0.4 is 4.72 Å². The third-order valence-corrected chi connectivity index (χ3v) is 5.06. The highest BCUT2D eigenvalue weighted by Gasteiger charge is 2.34. The van der Waals surface area contributed by atoms with Gasteiger partial charge in [0.15, 0.2) is 5.79 Å². The van der Waals surface area contributed by atoms with Crippen LogP contribution in [0.1, 0.15) is 19.5 Å². The molecule has 1 fully saturated rings. The molecular formula is C11H18ClN3O4S. The highest BCUT2D eigenvalue weighted by Crippen LogP contribution is 2.25. The average Bonchev–Trinajstić information content (AvgIpc) is 2.77. The van der Waals surface area contributed by atoms with E-state index < -0.39 is 15.8 Å². The molecule has 1 aliphatic rings. The molecule has 0 aliphatic carbocycles. The summed E-state index contributed by atoms with van der Waals surface area (Å²) in [5, 5.41) is 4.07. The molecule has 2 heterocycles. The summed E-state index contributed by atoms with van der Waals surface area (Å²) in [4.78, 5) is -0.000146. The second-order valence-corrected chi connectivity index (χ2v) is 7.19. The number of hydrogen-bond donors (Lipinski definition) is 1. The first-order chi connectivity index (χ1) is 9.12. The molecule has 1 atom stereocenters. The fraction of sp³-hybridized carbons (Fsp3) is 0.727. The number of nitrogens with one attached hydrogen (secondary N) is 1. The summed E-state index contributed by atoms with van der Waals surface area (Å²) in [7, 11) is -2.14. The van der Waals surface area contributed by atoms with Crippen molar-refractivity contribution in [3.8, 4) is 0 Å². The maximum absolute atomic E-state index is 12.3. The Morgan fingerprint density at radius 3 is 2.65 bits per heavy atom. The van der Waals surface area contributed by atoms with Crippen LogP contribution in [-0.2, 0) is 26.5 Å².